The van der Waals surface area contributed by atoms with Crippen LogP contribution in [0.25, 0.3) is 0 Å². The maximum atomic E-state index is 12.6. The lowest BCUT2D eigenvalue weighted by Crippen LogP contribution is -2.34. The van der Waals surface area contributed by atoms with Crippen LogP contribution in [-0.2, 0) is 16.8 Å². The fraction of sp³-hybridized carbons (Fsp3) is 0.632. The maximum absolute atomic E-state index is 12.6. The summed E-state index contributed by atoms with van der Waals surface area (Å²) in [5.41, 5.74) is 0.811. The van der Waals surface area contributed by atoms with Crippen molar-refractivity contribution < 1.29 is 4.79 Å². The quantitative estimate of drug-likeness (QED) is 0.867. The van der Waals surface area contributed by atoms with Gasteiger partial charge in [-0.15, -0.1) is 5.10 Å². The molecule has 27 heavy (non-hydrogen) atoms. The van der Waals surface area contributed by atoms with E-state index in [2.05, 4.69) is 36.8 Å². The summed E-state index contributed by atoms with van der Waals surface area (Å²) in [5.74, 6) is 1.58. The van der Waals surface area contributed by atoms with Crippen LogP contribution in [0.2, 0.25) is 0 Å². The number of tetrazole rings is 1. The zero-order chi connectivity index (χ0) is 19.4. The van der Waals surface area contributed by atoms with E-state index in [4.69, 9.17) is 0 Å². The van der Waals surface area contributed by atoms with Gasteiger partial charge in [-0.25, -0.2) is 9.67 Å². The summed E-state index contributed by atoms with van der Waals surface area (Å²) in [6, 6.07) is 3.53. The molecule has 1 aliphatic rings. The number of piperidine rings is 1. The van der Waals surface area contributed by atoms with Crippen molar-refractivity contribution in [2.75, 3.05) is 18.0 Å². The molecule has 1 saturated heterocycles. The van der Waals surface area contributed by atoms with Gasteiger partial charge in [-0.3, -0.25) is 4.79 Å². The zero-order valence-corrected chi connectivity index (χ0v) is 16.6. The number of anilines is 1. The summed E-state index contributed by atoms with van der Waals surface area (Å²) in [4.78, 5) is 19.4. The van der Waals surface area contributed by atoms with Gasteiger partial charge in [0.1, 0.15) is 11.9 Å². The minimum Gasteiger partial charge on any atom is -0.357 e. The molecular weight excluding hydrogens is 342 g/mol. The van der Waals surface area contributed by atoms with Gasteiger partial charge in [0.25, 0.3) is 0 Å². The standard InChI is InChI=1S/C19H29N7O/c1-14(26-18(19(2,3)4)22-23-24-26)17(27)21-13-15-8-9-20-16(12-15)25-10-6-5-7-11-25/h8-9,12,14H,5-7,10-11,13H2,1-4H3,(H,21,27). The van der Waals surface area contributed by atoms with Gasteiger partial charge < -0.3 is 10.2 Å². The Bertz CT molecular complexity index is 774. The Morgan fingerprint density at radius 2 is 2.00 bits per heavy atom. The molecule has 1 fully saturated rings. The molecule has 2 aromatic heterocycles. The summed E-state index contributed by atoms with van der Waals surface area (Å²) in [7, 11) is 0. The molecule has 0 spiro atoms. The van der Waals surface area contributed by atoms with E-state index in [0.717, 1.165) is 24.5 Å². The van der Waals surface area contributed by atoms with Crippen LogP contribution >= 0.6 is 0 Å². The molecule has 0 radical (unpaired) electrons. The number of pyridine rings is 1. The monoisotopic (exact) mass is 371 g/mol. The van der Waals surface area contributed by atoms with E-state index in [-0.39, 0.29) is 11.3 Å². The van der Waals surface area contributed by atoms with Crippen molar-refractivity contribution in [3.63, 3.8) is 0 Å². The molecule has 1 unspecified atom stereocenters. The first kappa shape index (κ1) is 19.3. The van der Waals surface area contributed by atoms with Crippen molar-refractivity contribution in [3.05, 3.63) is 29.7 Å². The second kappa shape index (κ2) is 8.02. The first-order chi connectivity index (χ1) is 12.9. The van der Waals surface area contributed by atoms with Crippen LogP contribution in [-0.4, -0.2) is 44.2 Å². The molecule has 0 aliphatic carbocycles. The summed E-state index contributed by atoms with van der Waals surface area (Å²) in [5, 5.41) is 14.8. The number of hydrogen-bond acceptors (Lipinski definition) is 6. The number of hydrogen-bond donors (Lipinski definition) is 1. The highest BCUT2D eigenvalue weighted by Gasteiger charge is 2.27. The Kier molecular flexibility index (Phi) is 5.72. The van der Waals surface area contributed by atoms with Crippen molar-refractivity contribution in [2.24, 2.45) is 0 Å². The van der Waals surface area contributed by atoms with E-state index in [1.165, 1.54) is 19.3 Å². The Labute approximate surface area is 160 Å². The topological polar surface area (TPSA) is 88.8 Å². The number of carbonyl (C=O) groups excluding carboxylic acids is 1. The average molecular weight is 371 g/mol. The molecule has 0 bridgehead atoms. The summed E-state index contributed by atoms with van der Waals surface area (Å²) in [6.07, 6.45) is 5.52. The Balaban J connectivity index is 1.63. The summed E-state index contributed by atoms with van der Waals surface area (Å²) in [6.45, 7) is 10.5. The predicted octanol–water partition coefficient (Wildman–Crippen LogP) is 2.23. The fourth-order valence-corrected chi connectivity index (χ4v) is 3.26. The zero-order valence-electron chi connectivity index (χ0n) is 16.6. The van der Waals surface area contributed by atoms with Crippen LogP contribution in [0.15, 0.2) is 18.3 Å². The van der Waals surface area contributed by atoms with Crippen molar-refractivity contribution in [3.8, 4) is 0 Å². The van der Waals surface area contributed by atoms with Gasteiger partial charge in [-0.05, 0) is 54.3 Å². The van der Waals surface area contributed by atoms with Crippen LogP contribution in [0.5, 0.6) is 0 Å². The number of carbonyl (C=O) groups is 1. The number of aromatic nitrogens is 5. The third kappa shape index (κ3) is 4.61. The van der Waals surface area contributed by atoms with Crippen LogP contribution < -0.4 is 10.2 Å². The Hall–Kier alpha value is -2.51. The van der Waals surface area contributed by atoms with Crippen LogP contribution in [0.3, 0.4) is 0 Å². The van der Waals surface area contributed by atoms with E-state index >= 15 is 0 Å². The van der Waals surface area contributed by atoms with E-state index in [9.17, 15) is 4.79 Å². The van der Waals surface area contributed by atoms with Crippen LogP contribution in [0.1, 0.15) is 64.4 Å². The largest absolute Gasteiger partial charge is 0.357 e. The first-order valence-corrected chi connectivity index (χ1v) is 9.62. The molecule has 0 aromatic carbocycles. The average Bonchev–Trinajstić information content (AvgIpc) is 3.17. The molecule has 8 nitrogen and oxygen atoms in total. The third-order valence-electron chi connectivity index (χ3n) is 4.87. The van der Waals surface area contributed by atoms with Gasteiger partial charge in [0.2, 0.25) is 5.91 Å². The molecular formula is C19H29N7O. The lowest BCUT2D eigenvalue weighted by molar-refractivity contribution is -0.124. The second-order valence-electron chi connectivity index (χ2n) is 8.16. The van der Waals surface area contributed by atoms with Crippen LogP contribution in [0.4, 0.5) is 5.82 Å². The van der Waals surface area contributed by atoms with Crippen molar-refractivity contribution >= 4 is 11.7 Å². The Morgan fingerprint density at radius 3 is 2.70 bits per heavy atom. The van der Waals surface area contributed by atoms with Gasteiger partial charge in [0, 0.05) is 31.2 Å². The molecule has 1 aliphatic heterocycles. The van der Waals surface area contributed by atoms with E-state index in [1.54, 1.807) is 4.68 Å². The molecule has 3 heterocycles. The van der Waals surface area contributed by atoms with Gasteiger partial charge in [0.05, 0.1) is 0 Å². The fourth-order valence-electron chi connectivity index (χ4n) is 3.26. The molecule has 8 heteroatoms. The van der Waals surface area contributed by atoms with E-state index < -0.39 is 6.04 Å². The second-order valence-corrected chi connectivity index (χ2v) is 8.16. The number of nitrogens with one attached hydrogen (secondary N) is 1. The predicted molar refractivity (Wildman–Crippen MR) is 103 cm³/mol. The van der Waals surface area contributed by atoms with Gasteiger partial charge in [-0.1, -0.05) is 20.8 Å². The summed E-state index contributed by atoms with van der Waals surface area (Å²) >= 11 is 0. The van der Waals surface area contributed by atoms with Gasteiger partial charge >= 0.3 is 0 Å². The minimum atomic E-state index is -0.474. The molecule has 1 atom stereocenters. The lowest BCUT2D eigenvalue weighted by atomic mass is 9.95. The van der Waals surface area contributed by atoms with Gasteiger partial charge in [0.15, 0.2) is 5.82 Å². The smallest absolute Gasteiger partial charge is 0.244 e. The highest BCUT2D eigenvalue weighted by atomic mass is 16.2. The first-order valence-electron chi connectivity index (χ1n) is 9.62. The van der Waals surface area contributed by atoms with E-state index in [1.807, 2.05) is 40.0 Å². The highest BCUT2D eigenvalue weighted by Crippen LogP contribution is 2.22. The highest BCUT2D eigenvalue weighted by molar-refractivity contribution is 5.79. The van der Waals surface area contributed by atoms with Crippen molar-refractivity contribution in [1.29, 1.82) is 0 Å². The molecule has 1 N–H and O–H groups in total. The molecule has 146 valence electrons. The number of rotatable bonds is 5. The van der Waals surface area contributed by atoms with Crippen LogP contribution in [0, 0.1) is 0 Å². The van der Waals surface area contributed by atoms with Gasteiger partial charge in [-0.2, -0.15) is 0 Å². The van der Waals surface area contributed by atoms with E-state index in [0.29, 0.717) is 12.4 Å². The molecule has 2 aromatic rings. The minimum absolute atomic E-state index is 0.107. The maximum Gasteiger partial charge on any atom is 0.244 e. The molecule has 1 amide bonds. The summed E-state index contributed by atoms with van der Waals surface area (Å²) < 4.78 is 1.60. The third-order valence-corrected chi connectivity index (χ3v) is 4.87. The lowest BCUT2D eigenvalue weighted by Gasteiger charge is -2.28. The molecule has 3 rings (SSSR count). The normalized spacial score (nSPS) is 16.2. The number of amides is 1. The van der Waals surface area contributed by atoms with Crippen molar-refractivity contribution in [1.82, 2.24) is 30.5 Å². The number of nitrogens with zero attached hydrogens (tertiary/aromatic N) is 6. The molecule has 0 saturated carbocycles. The Morgan fingerprint density at radius 1 is 1.26 bits per heavy atom. The SMILES string of the molecule is CC(C(=O)NCc1ccnc(N2CCCCC2)c1)n1nnnc1C(C)(C)C. The van der Waals surface area contributed by atoms with Crippen molar-refractivity contribution in [2.45, 2.75) is 65.0 Å².